The number of nitrogens with two attached hydrogens (primary N) is 1. The molecule has 2 N–H and O–H groups in total. The highest BCUT2D eigenvalue weighted by Gasteiger charge is 2.31. The number of ether oxygens (including phenoxy) is 2. The van der Waals surface area contributed by atoms with Gasteiger partial charge in [0.1, 0.15) is 0 Å². The third-order valence-corrected chi connectivity index (χ3v) is 4.62. The van der Waals surface area contributed by atoms with Crippen LogP contribution in [0.5, 0.6) is 11.5 Å². The van der Waals surface area contributed by atoms with Crippen LogP contribution in [0.25, 0.3) is 11.1 Å². The summed E-state index contributed by atoms with van der Waals surface area (Å²) in [6.45, 7) is 2.54. The van der Waals surface area contributed by atoms with Gasteiger partial charge in [-0.3, -0.25) is 0 Å². The number of nitrogen functional groups attached to an aromatic ring is 1. The number of nitrogens with zero attached hydrogens (tertiary/aromatic N) is 1. The fourth-order valence-electron chi connectivity index (χ4n) is 3.46. The van der Waals surface area contributed by atoms with E-state index >= 15 is 0 Å². The van der Waals surface area contributed by atoms with E-state index in [2.05, 4.69) is 12.1 Å². The number of fused-ring (bicyclic) bond motifs is 1. The molecule has 0 spiro atoms. The van der Waals surface area contributed by atoms with Gasteiger partial charge in [0, 0.05) is 5.92 Å². The van der Waals surface area contributed by atoms with E-state index in [1.165, 1.54) is 12.8 Å². The maximum atomic E-state index is 6.03. The van der Waals surface area contributed by atoms with Gasteiger partial charge in [0.05, 0.1) is 11.3 Å². The lowest BCUT2D eigenvalue weighted by molar-refractivity contribution is 0.174. The molecule has 2 unspecified atom stereocenters. The lowest BCUT2D eigenvalue weighted by atomic mass is 9.90. The van der Waals surface area contributed by atoms with Gasteiger partial charge >= 0.3 is 0 Å². The molecule has 1 aromatic heterocycles. The minimum Gasteiger partial charge on any atom is -0.454 e. The van der Waals surface area contributed by atoms with Crippen LogP contribution in [0.2, 0.25) is 0 Å². The van der Waals surface area contributed by atoms with Crippen molar-refractivity contribution in [1.82, 2.24) is 5.16 Å². The fourth-order valence-corrected chi connectivity index (χ4v) is 3.46. The molecule has 2 heterocycles. The van der Waals surface area contributed by atoms with E-state index in [1.807, 2.05) is 18.2 Å². The van der Waals surface area contributed by atoms with E-state index in [0.717, 1.165) is 34.7 Å². The van der Waals surface area contributed by atoms with Crippen LogP contribution in [0, 0.1) is 5.92 Å². The molecule has 1 aliphatic carbocycles. The van der Waals surface area contributed by atoms with Crippen molar-refractivity contribution in [3.8, 4) is 22.6 Å². The Morgan fingerprint density at radius 2 is 2.05 bits per heavy atom. The second-order valence-electron chi connectivity index (χ2n) is 5.89. The van der Waals surface area contributed by atoms with Gasteiger partial charge in [-0.05, 0) is 30.0 Å². The molecule has 0 saturated heterocycles. The number of hydrogen-bond acceptors (Lipinski definition) is 5. The van der Waals surface area contributed by atoms with Crippen LogP contribution in [0.15, 0.2) is 22.7 Å². The molecule has 1 saturated carbocycles. The molecule has 4 rings (SSSR count). The Kier molecular flexibility index (Phi) is 2.80. The molecular weight excluding hydrogens is 268 g/mol. The Bertz CT molecular complexity index is 680. The van der Waals surface area contributed by atoms with Gasteiger partial charge in [0.15, 0.2) is 11.5 Å². The molecular formula is C16H18N2O3. The van der Waals surface area contributed by atoms with Crippen LogP contribution in [0.4, 0.5) is 5.88 Å². The van der Waals surface area contributed by atoms with Crippen LogP contribution in [-0.4, -0.2) is 11.9 Å². The molecule has 2 atom stereocenters. The van der Waals surface area contributed by atoms with Gasteiger partial charge in [0.2, 0.25) is 12.7 Å². The van der Waals surface area contributed by atoms with E-state index in [-0.39, 0.29) is 6.79 Å². The molecule has 5 heteroatoms. The number of benzene rings is 1. The topological polar surface area (TPSA) is 70.5 Å². The third kappa shape index (κ3) is 1.95. The minimum atomic E-state index is 0.268. The van der Waals surface area contributed by atoms with Gasteiger partial charge in [-0.25, -0.2) is 0 Å². The van der Waals surface area contributed by atoms with Gasteiger partial charge in [0.25, 0.3) is 0 Å². The molecule has 0 bridgehead atoms. The zero-order valence-electron chi connectivity index (χ0n) is 12.0. The van der Waals surface area contributed by atoms with E-state index in [1.54, 1.807) is 0 Å². The van der Waals surface area contributed by atoms with Crippen molar-refractivity contribution < 1.29 is 14.0 Å². The Hall–Kier alpha value is -2.17. The standard InChI is InChI=1S/C16H18N2O3/c1-9-3-2-4-11(9)15-14(16(17)21-18-15)10-5-6-12-13(7-10)20-8-19-12/h5-7,9,11H,2-4,8,17H2,1H3. The number of anilines is 1. The summed E-state index contributed by atoms with van der Waals surface area (Å²) in [7, 11) is 0. The first kappa shape index (κ1) is 12.6. The molecule has 1 aliphatic heterocycles. The van der Waals surface area contributed by atoms with E-state index < -0.39 is 0 Å². The van der Waals surface area contributed by atoms with Crippen molar-refractivity contribution >= 4 is 5.88 Å². The molecule has 1 fully saturated rings. The van der Waals surface area contributed by atoms with Gasteiger partial charge in [-0.15, -0.1) is 0 Å². The Labute approximate surface area is 123 Å². The highest BCUT2D eigenvalue weighted by molar-refractivity contribution is 5.77. The third-order valence-electron chi connectivity index (χ3n) is 4.62. The summed E-state index contributed by atoms with van der Waals surface area (Å²) in [6.07, 6.45) is 3.61. The Balaban J connectivity index is 1.79. The summed E-state index contributed by atoms with van der Waals surface area (Å²) in [5.41, 5.74) is 8.90. The summed E-state index contributed by atoms with van der Waals surface area (Å²) in [6, 6.07) is 5.85. The molecule has 0 radical (unpaired) electrons. The van der Waals surface area contributed by atoms with Crippen molar-refractivity contribution in [2.75, 3.05) is 12.5 Å². The number of aromatic nitrogens is 1. The summed E-state index contributed by atoms with van der Waals surface area (Å²) in [5, 5.41) is 4.25. The van der Waals surface area contributed by atoms with Crippen molar-refractivity contribution in [3.63, 3.8) is 0 Å². The average molecular weight is 286 g/mol. The molecule has 0 amide bonds. The van der Waals surface area contributed by atoms with E-state index in [0.29, 0.717) is 17.7 Å². The van der Waals surface area contributed by atoms with Gasteiger partial charge < -0.3 is 19.7 Å². The van der Waals surface area contributed by atoms with Crippen molar-refractivity contribution in [1.29, 1.82) is 0 Å². The summed E-state index contributed by atoms with van der Waals surface area (Å²) >= 11 is 0. The average Bonchev–Trinajstić information content (AvgIpc) is 3.17. The SMILES string of the molecule is CC1CCCC1c1noc(N)c1-c1ccc2c(c1)OCO2. The molecule has 2 aliphatic rings. The van der Waals surface area contributed by atoms with E-state index in [4.69, 9.17) is 19.7 Å². The summed E-state index contributed by atoms with van der Waals surface area (Å²) in [4.78, 5) is 0. The minimum absolute atomic E-state index is 0.268. The van der Waals surface area contributed by atoms with Crippen LogP contribution >= 0.6 is 0 Å². The quantitative estimate of drug-likeness (QED) is 0.914. The van der Waals surface area contributed by atoms with Crippen molar-refractivity contribution in [2.45, 2.75) is 32.1 Å². The Morgan fingerprint density at radius 3 is 2.86 bits per heavy atom. The zero-order valence-corrected chi connectivity index (χ0v) is 12.0. The first-order chi connectivity index (χ1) is 10.2. The van der Waals surface area contributed by atoms with Crippen LogP contribution < -0.4 is 15.2 Å². The highest BCUT2D eigenvalue weighted by Crippen LogP contribution is 2.46. The van der Waals surface area contributed by atoms with Crippen LogP contribution in [0.1, 0.15) is 37.8 Å². The molecule has 21 heavy (non-hydrogen) atoms. The monoisotopic (exact) mass is 286 g/mol. The molecule has 5 nitrogen and oxygen atoms in total. The van der Waals surface area contributed by atoms with Crippen molar-refractivity contribution in [3.05, 3.63) is 23.9 Å². The second-order valence-corrected chi connectivity index (χ2v) is 5.89. The maximum absolute atomic E-state index is 6.03. The lowest BCUT2D eigenvalue weighted by Crippen LogP contribution is -2.04. The maximum Gasteiger partial charge on any atom is 0.231 e. The molecule has 2 aromatic rings. The highest BCUT2D eigenvalue weighted by atomic mass is 16.7. The molecule has 1 aromatic carbocycles. The van der Waals surface area contributed by atoms with E-state index in [9.17, 15) is 0 Å². The number of rotatable bonds is 2. The van der Waals surface area contributed by atoms with Gasteiger partial charge in [-0.1, -0.05) is 31.0 Å². The van der Waals surface area contributed by atoms with Crippen molar-refractivity contribution in [2.24, 2.45) is 5.92 Å². The first-order valence-electron chi connectivity index (χ1n) is 7.39. The lowest BCUT2D eigenvalue weighted by Gasteiger charge is -2.14. The predicted molar refractivity (Wildman–Crippen MR) is 78.2 cm³/mol. The molecule has 110 valence electrons. The Morgan fingerprint density at radius 1 is 1.19 bits per heavy atom. The van der Waals surface area contributed by atoms with Gasteiger partial charge in [-0.2, -0.15) is 0 Å². The second kappa shape index (κ2) is 4.69. The first-order valence-corrected chi connectivity index (χ1v) is 7.39. The normalized spacial score (nSPS) is 23.7. The number of hydrogen-bond donors (Lipinski definition) is 1. The zero-order chi connectivity index (χ0) is 14.4. The smallest absolute Gasteiger partial charge is 0.231 e. The summed E-state index contributed by atoms with van der Waals surface area (Å²) < 4.78 is 16.1. The predicted octanol–water partition coefficient (Wildman–Crippen LogP) is 3.56. The van der Waals surface area contributed by atoms with Crippen LogP contribution in [-0.2, 0) is 0 Å². The summed E-state index contributed by atoms with van der Waals surface area (Å²) in [5.74, 6) is 2.93. The fraction of sp³-hybridized carbons (Fsp3) is 0.438. The van der Waals surface area contributed by atoms with Crippen LogP contribution in [0.3, 0.4) is 0 Å². The largest absolute Gasteiger partial charge is 0.454 e.